The second-order valence-electron chi connectivity index (χ2n) is 8.26. The molecule has 1 fully saturated rings. The first-order valence-electron chi connectivity index (χ1n) is 11.9. The number of anilines is 1. The van der Waals surface area contributed by atoms with E-state index in [2.05, 4.69) is 10.1 Å². The Morgan fingerprint density at radius 1 is 0.919 bits per heavy atom. The standard InChI is InChI=1S/C29H27N3O4S/c1-36-28(35)23-12-14-24(15-13-23)31-26(33)20-25-27(34)32(19-17-22-10-6-3-7-11-22)29(37-25)30-18-16-21-8-4-2-5-9-21/h2-15,20H,16-19H2,1H3,(H,31,33)/b25-20-,30-29?. The fourth-order valence-electron chi connectivity index (χ4n) is 3.74. The van der Waals surface area contributed by atoms with E-state index in [9.17, 15) is 14.4 Å². The number of hydrogen-bond acceptors (Lipinski definition) is 6. The van der Waals surface area contributed by atoms with E-state index >= 15 is 0 Å². The summed E-state index contributed by atoms with van der Waals surface area (Å²) in [6, 6.07) is 26.3. The number of methoxy groups -OCH3 is 1. The Morgan fingerprint density at radius 3 is 2.16 bits per heavy atom. The predicted molar refractivity (Wildman–Crippen MR) is 146 cm³/mol. The summed E-state index contributed by atoms with van der Waals surface area (Å²) in [5, 5.41) is 3.33. The second-order valence-corrected chi connectivity index (χ2v) is 9.27. The Bertz CT molecular complexity index is 1310. The summed E-state index contributed by atoms with van der Waals surface area (Å²) in [5.74, 6) is -1.13. The van der Waals surface area contributed by atoms with Gasteiger partial charge in [-0.15, -0.1) is 0 Å². The largest absolute Gasteiger partial charge is 0.465 e. The van der Waals surface area contributed by atoms with Crippen molar-refractivity contribution in [3.63, 3.8) is 0 Å². The van der Waals surface area contributed by atoms with Crippen LogP contribution in [0.1, 0.15) is 21.5 Å². The van der Waals surface area contributed by atoms with Crippen molar-refractivity contribution in [3.8, 4) is 0 Å². The average molecular weight is 514 g/mol. The van der Waals surface area contributed by atoms with Gasteiger partial charge < -0.3 is 10.1 Å². The molecule has 1 heterocycles. The normalized spacial score (nSPS) is 15.3. The maximum Gasteiger partial charge on any atom is 0.337 e. The summed E-state index contributed by atoms with van der Waals surface area (Å²) in [6.45, 7) is 1.00. The zero-order valence-corrected chi connectivity index (χ0v) is 21.2. The van der Waals surface area contributed by atoms with E-state index in [1.165, 1.54) is 30.5 Å². The van der Waals surface area contributed by atoms with Crippen molar-refractivity contribution in [2.45, 2.75) is 12.8 Å². The fraction of sp³-hybridized carbons (Fsp3) is 0.172. The van der Waals surface area contributed by atoms with E-state index in [1.807, 2.05) is 60.7 Å². The first kappa shape index (κ1) is 25.9. The molecule has 4 rings (SSSR count). The highest BCUT2D eigenvalue weighted by molar-refractivity contribution is 8.18. The molecule has 1 aliphatic rings. The number of carbonyl (C=O) groups is 3. The van der Waals surface area contributed by atoms with E-state index in [4.69, 9.17) is 4.99 Å². The van der Waals surface area contributed by atoms with Gasteiger partial charge in [0.15, 0.2) is 5.17 Å². The van der Waals surface area contributed by atoms with Crippen molar-refractivity contribution in [1.29, 1.82) is 0 Å². The van der Waals surface area contributed by atoms with E-state index in [0.717, 1.165) is 12.0 Å². The number of nitrogens with zero attached hydrogens (tertiary/aromatic N) is 2. The van der Waals surface area contributed by atoms with Gasteiger partial charge in [-0.3, -0.25) is 19.5 Å². The molecule has 7 nitrogen and oxygen atoms in total. The van der Waals surface area contributed by atoms with Gasteiger partial charge in [0, 0.05) is 24.9 Å². The summed E-state index contributed by atoms with van der Waals surface area (Å²) in [7, 11) is 1.31. The number of rotatable bonds is 9. The number of hydrogen-bond donors (Lipinski definition) is 1. The molecule has 0 radical (unpaired) electrons. The highest BCUT2D eigenvalue weighted by Crippen LogP contribution is 2.31. The zero-order valence-electron chi connectivity index (χ0n) is 20.4. The number of carbonyl (C=O) groups excluding carboxylic acids is 3. The number of thioether (sulfide) groups is 1. The number of benzene rings is 3. The summed E-state index contributed by atoms with van der Waals surface area (Å²) in [6.07, 6.45) is 2.74. The number of aliphatic imine (C=N–C) groups is 1. The lowest BCUT2D eigenvalue weighted by Gasteiger charge is -2.15. The Morgan fingerprint density at radius 2 is 1.54 bits per heavy atom. The average Bonchev–Trinajstić information content (AvgIpc) is 3.22. The van der Waals surface area contributed by atoms with Crippen molar-refractivity contribution >= 4 is 40.4 Å². The van der Waals surface area contributed by atoms with Crippen LogP contribution in [0.3, 0.4) is 0 Å². The highest BCUT2D eigenvalue weighted by Gasteiger charge is 2.33. The monoisotopic (exact) mass is 513 g/mol. The Hall–Kier alpha value is -4.17. The fourth-order valence-corrected chi connectivity index (χ4v) is 4.74. The number of amides is 2. The van der Waals surface area contributed by atoms with Gasteiger partial charge in [-0.25, -0.2) is 4.79 Å². The van der Waals surface area contributed by atoms with Crippen LogP contribution in [0.25, 0.3) is 0 Å². The van der Waals surface area contributed by atoms with Crippen molar-refractivity contribution in [2.75, 3.05) is 25.5 Å². The maximum atomic E-state index is 13.2. The van der Waals surface area contributed by atoms with Crippen LogP contribution in [0.5, 0.6) is 0 Å². The molecule has 3 aromatic carbocycles. The van der Waals surface area contributed by atoms with Crippen LogP contribution in [-0.4, -0.2) is 48.1 Å². The quantitative estimate of drug-likeness (QED) is 0.331. The molecule has 0 bridgehead atoms. The smallest absolute Gasteiger partial charge is 0.337 e. The molecule has 0 atom stereocenters. The minimum absolute atomic E-state index is 0.240. The number of nitrogens with one attached hydrogen (secondary N) is 1. The lowest BCUT2D eigenvalue weighted by Crippen LogP contribution is -2.31. The first-order valence-corrected chi connectivity index (χ1v) is 12.7. The minimum atomic E-state index is -0.456. The second kappa shape index (κ2) is 12.7. The van der Waals surface area contributed by atoms with Gasteiger partial charge in [0.2, 0.25) is 5.91 Å². The molecule has 3 aromatic rings. The van der Waals surface area contributed by atoms with E-state index < -0.39 is 11.9 Å². The molecule has 2 amide bonds. The lowest BCUT2D eigenvalue weighted by atomic mass is 10.1. The van der Waals surface area contributed by atoms with Crippen molar-refractivity contribution in [1.82, 2.24) is 4.90 Å². The zero-order chi connectivity index (χ0) is 26.0. The summed E-state index contributed by atoms with van der Waals surface area (Å²) < 4.78 is 4.69. The van der Waals surface area contributed by atoms with E-state index in [-0.39, 0.29) is 5.91 Å². The molecule has 0 spiro atoms. The van der Waals surface area contributed by atoms with Gasteiger partial charge in [-0.05, 0) is 60.0 Å². The van der Waals surface area contributed by atoms with Crippen LogP contribution in [0.2, 0.25) is 0 Å². The van der Waals surface area contributed by atoms with Gasteiger partial charge in [0.05, 0.1) is 17.6 Å². The topological polar surface area (TPSA) is 88.1 Å². The van der Waals surface area contributed by atoms with Crippen LogP contribution in [0.4, 0.5) is 5.69 Å². The SMILES string of the molecule is COC(=O)c1ccc(NC(=O)/C=C2\SC(=NCCc3ccccc3)N(CCc3ccccc3)C2=O)cc1. The molecular formula is C29H27N3O4S. The Kier molecular flexibility index (Phi) is 8.89. The Labute approximate surface area is 220 Å². The predicted octanol–water partition coefficient (Wildman–Crippen LogP) is 4.71. The van der Waals surface area contributed by atoms with E-state index in [0.29, 0.717) is 40.8 Å². The lowest BCUT2D eigenvalue weighted by molar-refractivity contribution is -0.122. The molecule has 188 valence electrons. The van der Waals surface area contributed by atoms with Gasteiger partial charge in [0.1, 0.15) is 0 Å². The molecular weight excluding hydrogens is 486 g/mol. The highest BCUT2D eigenvalue weighted by atomic mass is 32.2. The molecule has 0 aliphatic carbocycles. The Balaban J connectivity index is 1.46. The first-order chi connectivity index (χ1) is 18.0. The third-order valence-electron chi connectivity index (χ3n) is 5.68. The summed E-state index contributed by atoms with van der Waals surface area (Å²) >= 11 is 1.21. The third kappa shape index (κ3) is 7.17. The molecule has 1 N–H and O–H groups in total. The van der Waals surface area contributed by atoms with Gasteiger partial charge in [-0.2, -0.15) is 0 Å². The van der Waals surface area contributed by atoms with E-state index in [1.54, 1.807) is 29.2 Å². The molecule has 0 saturated carbocycles. The van der Waals surface area contributed by atoms with Gasteiger partial charge >= 0.3 is 5.97 Å². The van der Waals surface area contributed by atoms with Crippen LogP contribution >= 0.6 is 11.8 Å². The molecule has 8 heteroatoms. The number of ether oxygens (including phenoxy) is 1. The molecule has 37 heavy (non-hydrogen) atoms. The molecule has 0 aromatic heterocycles. The summed E-state index contributed by atoms with van der Waals surface area (Å²) in [5.41, 5.74) is 3.17. The van der Waals surface area contributed by atoms with Crippen LogP contribution in [0.15, 0.2) is 101 Å². The molecule has 0 unspecified atom stereocenters. The molecule has 1 aliphatic heterocycles. The van der Waals surface area contributed by atoms with Crippen LogP contribution in [-0.2, 0) is 27.2 Å². The maximum absolute atomic E-state index is 13.2. The number of amidine groups is 1. The van der Waals surface area contributed by atoms with Crippen molar-refractivity contribution < 1.29 is 19.1 Å². The summed E-state index contributed by atoms with van der Waals surface area (Å²) in [4.78, 5) is 44.2. The van der Waals surface area contributed by atoms with Gasteiger partial charge in [-0.1, -0.05) is 60.7 Å². The van der Waals surface area contributed by atoms with Crippen LogP contribution in [0, 0.1) is 0 Å². The third-order valence-corrected chi connectivity index (χ3v) is 6.73. The van der Waals surface area contributed by atoms with Crippen molar-refractivity contribution in [2.24, 2.45) is 4.99 Å². The van der Waals surface area contributed by atoms with Gasteiger partial charge in [0.25, 0.3) is 5.91 Å². The van der Waals surface area contributed by atoms with Crippen molar-refractivity contribution in [3.05, 3.63) is 113 Å². The number of esters is 1. The minimum Gasteiger partial charge on any atom is -0.465 e. The van der Waals surface area contributed by atoms with Crippen LogP contribution < -0.4 is 5.32 Å². The molecule has 1 saturated heterocycles.